The molecule has 0 spiro atoms. The number of benzene rings is 1. The fourth-order valence-corrected chi connectivity index (χ4v) is 3.13. The van der Waals surface area contributed by atoms with Gasteiger partial charge >= 0.3 is 6.18 Å². The zero-order valence-electron chi connectivity index (χ0n) is 15.4. The van der Waals surface area contributed by atoms with Crippen LogP contribution in [0.25, 0.3) is 0 Å². The highest BCUT2D eigenvalue weighted by Gasteiger charge is 2.36. The molecule has 0 bridgehead atoms. The van der Waals surface area contributed by atoms with Crippen LogP contribution in [0.15, 0.2) is 41.0 Å². The number of furan rings is 1. The summed E-state index contributed by atoms with van der Waals surface area (Å²) in [5.74, 6) is -0.736. The summed E-state index contributed by atoms with van der Waals surface area (Å²) in [4.78, 5) is 27.9. The topological polar surface area (TPSA) is 65.8 Å². The molecule has 1 unspecified atom stereocenters. The summed E-state index contributed by atoms with van der Waals surface area (Å²) in [7, 11) is 3.34. The minimum Gasteiger partial charge on any atom is -0.467 e. The molecule has 3 rings (SSSR count). The molecule has 9 heteroatoms. The van der Waals surface area contributed by atoms with E-state index in [1.165, 1.54) is 17.2 Å². The highest BCUT2D eigenvalue weighted by Crippen LogP contribution is 2.35. The Morgan fingerprint density at radius 2 is 2.07 bits per heavy atom. The van der Waals surface area contributed by atoms with Crippen molar-refractivity contribution in [1.29, 1.82) is 0 Å². The Hall–Kier alpha value is -2.97. The van der Waals surface area contributed by atoms with Crippen molar-refractivity contribution in [2.75, 3.05) is 30.9 Å². The first-order valence-electron chi connectivity index (χ1n) is 8.64. The van der Waals surface area contributed by atoms with Crippen molar-refractivity contribution < 1.29 is 27.2 Å². The number of likely N-dealkylation sites (tertiary alicyclic amines) is 1. The molecule has 6 nitrogen and oxygen atoms in total. The van der Waals surface area contributed by atoms with E-state index in [1.807, 2.05) is 0 Å². The lowest BCUT2D eigenvalue weighted by molar-refractivity contribution is -0.137. The van der Waals surface area contributed by atoms with Crippen molar-refractivity contribution >= 4 is 23.2 Å². The third-order valence-corrected chi connectivity index (χ3v) is 4.58. The summed E-state index contributed by atoms with van der Waals surface area (Å²) >= 11 is 0. The van der Waals surface area contributed by atoms with Gasteiger partial charge in [0.2, 0.25) is 11.8 Å². The van der Waals surface area contributed by atoms with E-state index in [4.69, 9.17) is 4.42 Å². The number of alkyl halides is 3. The fourth-order valence-electron chi connectivity index (χ4n) is 3.13. The molecular formula is C19H20F3N3O3. The predicted molar refractivity (Wildman–Crippen MR) is 96.6 cm³/mol. The van der Waals surface area contributed by atoms with Crippen LogP contribution in [0.1, 0.15) is 17.7 Å². The van der Waals surface area contributed by atoms with Crippen LogP contribution in [0.2, 0.25) is 0 Å². The minimum absolute atomic E-state index is 0.00278. The first kappa shape index (κ1) is 19.8. The highest BCUT2D eigenvalue weighted by atomic mass is 19.4. The second-order valence-electron chi connectivity index (χ2n) is 6.87. The third kappa shape index (κ3) is 4.29. The molecule has 150 valence electrons. The molecular weight excluding hydrogens is 375 g/mol. The van der Waals surface area contributed by atoms with Gasteiger partial charge in [-0.1, -0.05) is 0 Å². The number of hydrogen-bond donors (Lipinski definition) is 1. The molecule has 1 aromatic heterocycles. The van der Waals surface area contributed by atoms with Crippen LogP contribution in [0.3, 0.4) is 0 Å². The molecule has 1 aliphatic rings. The molecule has 0 aliphatic carbocycles. The zero-order valence-corrected chi connectivity index (χ0v) is 15.4. The first-order chi connectivity index (χ1) is 13.1. The maximum atomic E-state index is 13.0. The lowest BCUT2D eigenvalue weighted by atomic mass is 10.1. The number of amides is 2. The van der Waals surface area contributed by atoms with Crippen LogP contribution in [0, 0.1) is 5.92 Å². The minimum atomic E-state index is -4.52. The SMILES string of the molecule is CN(C)c1ccc(C(F)(F)F)cc1NC(=O)C1CC(=O)N(Cc2ccco2)C1. The van der Waals surface area contributed by atoms with Gasteiger partial charge < -0.3 is 19.5 Å². The van der Waals surface area contributed by atoms with Gasteiger partial charge in [-0.25, -0.2) is 0 Å². The number of halogens is 3. The smallest absolute Gasteiger partial charge is 0.416 e. The first-order valence-corrected chi connectivity index (χ1v) is 8.64. The van der Waals surface area contributed by atoms with Crippen molar-refractivity contribution in [2.24, 2.45) is 5.92 Å². The fraction of sp³-hybridized carbons (Fsp3) is 0.368. The quantitative estimate of drug-likeness (QED) is 0.843. The molecule has 1 aliphatic heterocycles. The Kier molecular flexibility index (Phi) is 5.35. The van der Waals surface area contributed by atoms with Gasteiger partial charge in [-0.15, -0.1) is 0 Å². The van der Waals surface area contributed by atoms with Crippen LogP contribution in [0.4, 0.5) is 24.5 Å². The Balaban J connectivity index is 1.74. The van der Waals surface area contributed by atoms with Crippen LogP contribution in [0.5, 0.6) is 0 Å². The van der Waals surface area contributed by atoms with Gasteiger partial charge in [0.15, 0.2) is 0 Å². The average Bonchev–Trinajstić information content (AvgIpc) is 3.24. The maximum absolute atomic E-state index is 13.0. The summed E-state index contributed by atoms with van der Waals surface area (Å²) < 4.78 is 44.3. The Bertz CT molecular complexity index is 863. The van der Waals surface area contributed by atoms with Gasteiger partial charge in [0.1, 0.15) is 5.76 Å². The van der Waals surface area contributed by atoms with Gasteiger partial charge in [0.05, 0.1) is 35.7 Å². The third-order valence-electron chi connectivity index (χ3n) is 4.58. The van der Waals surface area contributed by atoms with Crippen LogP contribution in [-0.2, 0) is 22.3 Å². The van der Waals surface area contributed by atoms with Gasteiger partial charge in [-0.05, 0) is 30.3 Å². The number of rotatable bonds is 5. The van der Waals surface area contributed by atoms with Gasteiger partial charge in [0, 0.05) is 27.1 Å². The summed E-state index contributed by atoms with van der Waals surface area (Å²) in [5.41, 5.74) is -0.352. The number of nitrogens with one attached hydrogen (secondary N) is 1. The Labute approximate surface area is 159 Å². The number of nitrogens with zero attached hydrogens (tertiary/aromatic N) is 2. The average molecular weight is 395 g/mol. The van der Waals surface area contributed by atoms with Crippen molar-refractivity contribution in [1.82, 2.24) is 4.90 Å². The van der Waals surface area contributed by atoms with Gasteiger partial charge in [-0.2, -0.15) is 13.2 Å². The van der Waals surface area contributed by atoms with E-state index in [0.717, 1.165) is 12.1 Å². The normalized spacial score (nSPS) is 17.1. The summed E-state index contributed by atoms with van der Waals surface area (Å²) in [5, 5.41) is 2.56. The second kappa shape index (κ2) is 7.57. The van der Waals surface area contributed by atoms with Crippen molar-refractivity contribution in [3.8, 4) is 0 Å². The van der Waals surface area contributed by atoms with E-state index in [0.29, 0.717) is 11.4 Å². The van der Waals surface area contributed by atoms with E-state index >= 15 is 0 Å². The van der Waals surface area contributed by atoms with E-state index in [2.05, 4.69) is 5.32 Å². The predicted octanol–water partition coefficient (Wildman–Crippen LogP) is 3.35. The van der Waals surface area contributed by atoms with E-state index in [-0.39, 0.29) is 31.1 Å². The number of anilines is 2. The number of carbonyl (C=O) groups excluding carboxylic acids is 2. The molecule has 1 fully saturated rings. The molecule has 28 heavy (non-hydrogen) atoms. The van der Waals surface area contributed by atoms with Crippen molar-refractivity contribution in [3.05, 3.63) is 47.9 Å². The summed E-state index contributed by atoms with van der Waals surface area (Å²) in [6, 6.07) is 6.62. The van der Waals surface area contributed by atoms with Crippen LogP contribution in [-0.4, -0.2) is 37.4 Å². The molecule has 0 radical (unpaired) electrons. The molecule has 2 heterocycles. The molecule has 2 aromatic rings. The number of carbonyl (C=O) groups is 2. The second-order valence-corrected chi connectivity index (χ2v) is 6.87. The zero-order chi connectivity index (χ0) is 20.5. The lowest BCUT2D eigenvalue weighted by Crippen LogP contribution is -2.28. The van der Waals surface area contributed by atoms with Crippen LogP contribution < -0.4 is 10.2 Å². The van der Waals surface area contributed by atoms with Crippen LogP contribution >= 0.6 is 0 Å². The standard InChI is InChI=1S/C19H20F3N3O3/c1-24(2)16-6-5-13(19(20,21)22)9-15(16)23-18(27)12-8-17(26)25(10-12)11-14-4-3-7-28-14/h3-7,9,12H,8,10-11H2,1-2H3,(H,23,27). The van der Waals surface area contributed by atoms with Gasteiger partial charge in [-0.3, -0.25) is 9.59 Å². The monoisotopic (exact) mass is 395 g/mol. The Morgan fingerprint density at radius 3 is 2.68 bits per heavy atom. The molecule has 2 amide bonds. The highest BCUT2D eigenvalue weighted by molar-refractivity contribution is 5.99. The maximum Gasteiger partial charge on any atom is 0.416 e. The largest absolute Gasteiger partial charge is 0.467 e. The summed E-state index contributed by atoms with van der Waals surface area (Å²) in [6.07, 6.45) is -3.02. The Morgan fingerprint density at radius 1 is 1.32 bits per heavy atom. The molecule has 1 N–H and O–H groups in total. The van der Waals surface area contributed by atoms with Crippen molar-refractivity contribution in [2.45, 2.75) is 19.1 Å². The van der Waals surface area contributed by atoms with Crippen molar-refractivity contribution in [3.63, 3.8) is 0 Å². The molecule has 1 atom stereocenters. The van der Waals surface area contributed by atoms with E-state index < -0.39 is 23.6 Å². The molecule has 0 saturated carbocycles. The lowest BCUT2D eigenvalue weighted by Gasteiger charge is -2.21. The van der Waals surface area contributed by atoms with E-state index in [9.17, 15) is 22.8 Å². The molecule has 1 saturated heterocycles. The number of hydrogen-bond acceptors (Lipinski definition) is 4. The van der Waals surface area contributed by atoms with E-state index in [1.54, 1.807) is 31.1 Å². The summed E-state index contributed by atoms with van der Waals surface area (Å²) in [6.45, 7) is 0.434. The van der Waals surface area contributed by atoms with Gasteiger partial charge in [0.25, 0.3) is 0 Å². The molecule has 1 aromatic carbocycles.